The van der Waals surface area contributed by atoms with Gasteiger partial charge in [-0.3, -0.25) is 4.90 Å². The van der Waals surface area contributed by atoms with Crippen molar-refractivity contribution in [2.24, 2.45) is 5.73 Å². The highest BCUT2D eigenvalue weighted by Crippen LogP contribution is 2.34. The van der Waals surface area contributed by atoms with Gasteiger partial charge in [-0.2, -0.15) is 0 Å². The summed E-state index contributed by atoms with van der Waals surface area (Å²) in [5.41, 5.74) is 8.97. The van der Waals surface area contributed by atoms with Crippen molar-refractivity contribution in [1.29, 1.82) is 0 Å². The minimum Gasteiger partial charge on any atom is -0.329 e. The van der Waals surface area contributed by atoms with E-state index in [0.717, 1.165) is 13.1 Å². The first kappa shape index (κ1) is 12.6. The summed E-state index contributed by atoms with van der Waals surface area (Å²) in [7, 11) is 2.22. The molecule has 94 valence electrons. The molecule has 0 aromatic heterocycles. The molecule has 0 saturated heterocycles. The van der Waals surface area contributed by atoms with Crippen molar-refractivity contribution in [2.45, 2.75) is 44.7 Å². The molecule has 1 aromatic carbocycles. The van der Waals surface area contributed by atoms with Gasteiger partial charge in [0.15, 0.2) is 0 Å². The summed E-state index contributed by atoms with van der Waals surface area (Å²) in [5, 5.41) is 0. The van der Waals surface area contributed by atoms with Crippen molar-refractivity contribution >= 4 is 0 Å². The lowest BCUT2D eigenvalue weighted by Gasteiger charge is -2.38. The van der Waals surface area contributed by atoms with Crippen LogP contribution in [0.2, 0.25) is 0 Å². The van der Waals surface area contributed by atoms with Gasteiger partial charge < -0.3 is 5.73 Å². The molecule has 1 aliphatic rings. The maximum atomic E-state index is 6.01. The summed E-state index contributed by atoms with van der Waals surface area (Å²) < 4.78 is 0. The number of likely N-dealkylation sites (N-methyl/N-ethyl adjacent to an activating group) is 1. The van der Waals surface area contributed by atoms with Gasteiger partial charge in [0.1, 0.15) is 0 Å². The Bertz CT molecular complexity index is 350. The summed E-state index contributed by atoms with van der Waals surface area (Å²) in [4.78, 5) is 2.46. The summed E-state index contributed by atoms with van der Waals surface area (Å²) in [6.45, 7) is 3.93. The summed E-state index contributed by atoms with van der Waals surface area (Å²) in [6, 6.07) is 8.83. The third-order valence-electron chi connectivity index (χ3n) is 4.26. The lowest BCUT2D eigenvalue weighted by molar-refractivity contribution is 0.124. The highest BCUT2D eigenvalue weighted by molar-refractivity contribution is 5.21. The zero-order valence-corrected chi connectivity index (χ0v) is 11.1. The number of nitrogens with zero attached hydrogens (tertiary/aromatic N) is 1. The number of benzene rings is 1. The minimum absolute atomic E-state index is 0.255. The van der Waals surface area contributed by atoms with Crippen molar-refractivity contribution in [2.75, 3.05) is 13.6 Å². The van der Waals surface area contributed by atoms with E-state index in [9.17, 15) is 0 Å². The Hall–Kier alpha value is -0.860. The molecule has 2 heteroatoms. The molecule has 0 aliphatic heterocycles. The zero-order chi connectivity index (χ0) is 12.3. The third-order valence-corrected chi connectivity index (χ3v) is 4.26. The predicted octanol–water partition coefficient (Wildman–Crippen LogP) is 2.70. The Balaban J connectivity index is 2.05. The largest absolute Gasteiger partial charge is 0.329 e. The van der Waals surface area contributed by atoms with Gasteiger partial charge in [0.2, 0.25) is 0 Å². The molecule has 0 radical (unpaired) electrons. The predicted molar refractivity (Wildman–Crippen MR) is 72.9 cm³/mol. The topological polar surface area (TPSA) is 29.3 Å². The molecule has 2 rings (SSSR count). The average Bonchev–Trinajstić information content (AvgIpc) is 2.82. The number of aryl methyl sites for hydroxylation is 1. The fraction of sp³-hybridized carbons (Fsp3) is 0.600. The van der Waals surface area contributed by atoms with Gasteiger partial charge in [0, 0.05) is 18.6 Å². The molecule has 0 bridgehead atoms. The van der Waals surface area contributed by atoms with E-state index in [4.69, 9.17) is 5.73 Å². The van der Waals surface area contributed by atoms with Gasteiger partial charge in [-0.1, -0.05) is 42.7 Å². The zero-order valence-electron chi connectivity index (χ0n) is 11.1. The third kappa shape index (κ3) is 2.70. The van der Waals surface area contributed by atoms with Crippen LogP contribution in [0.1, 0.15) is 36.8 Å². The van der Waals surface area contributed by atoms with Crippen LogP contribution in [-0.2, 0) is 6.54 Å². The van der Waals surface area contributed by atoms with E-state index in [1.54, 1.807) is 0 Å². The van der Waals surface area contributed by atoms with Crippen LogP contribution >= 0.6 is 0 Å². The van der Waals surface area contributed by atoms with Crippen molar-refractivity contribution in [3.8, 4) is 0 Å². The molecule has 0 amide bonds. The molecule has 0 unspecified atom stereocenters. The molecule has 1 fully saturated rings. The first-order chi connectivity index (χ1) is 8.16. The smallest absolute Gasteiger partial charge is 0.0332 e. The second-order valence-corrected chi connectivity index (χ2v) is 5.48. The molecular weight excluding hydrogens is 208 g/mol. The van der Waals surface area contributed by atoms with Gasteiger partial charge in [0.25, 0.3) is 0 Å². The van der Waals surface area contributed by atoms with Crippen LogP contribution in [0.3, 0.4) is 0 Å². The molecule has 0 heterocycles. The number of hydrogen-bond donors (Lipinski definition) is 1. The molecule has 17 heavy (non-hydrogen) atoms. The molecule has 1 aromatic rings. The summed E-state index contributed by atoms with van der Waals surface area (Å²) in [6.07, 6.45) is 5.17. The van der Waals surface area contributed by atoms with E-state index in [-0.39, 0.29) is 5.54 Å². The minimum atomic E-state index is 0.255. The molecule has 0 spiro atoms. The van der Waals surface area contributed by atoms with E-state index in [1.807, 2.05) is 0 Å². The van der Waals surface area contributed by atoms with Crippen molar-refractivity contribution in [1.82, 2.24) is 4.90 Å². The first-order valence-corrected chi connectivity index (χ1v) is 6.63. The maximum Gasteiger partial charge on any atom is 0.0332 e. The first-order valence-electron chi connectivity index (χ1n) is 6.63. The quantitative estimate of drug-likeness (QED) is 0.865. The van der Waals surface area contributed by atoms with Crippen LogP contribution in [0.5, 0.6) is 0 Å². The Morgan fingerprint density at radius 3 is 2.29 bits per heavy atom. The van der Waals surface area contributed by atoms with E-state index in [0.29, 0.717) is 0 Å². The Morgan fingerprint density at radius 2 is 1.76 bits per heavy atom. The second kappa shape index (κ2) is 5.19. The van der Waals surface area contributed by atoms with Crippen molar-refractivity contribution < 1.29 is 0 Å². The summed E-state index contributed by atoms with van der Waals surface area (Å²) in [5.74, 6) is 0. The fourth-order valence-electron chi connectivity index (χ4n) is 2.91. The number of rotatable bonds is 4. The number of hydrogen-bond acceptors (Lipinski definition) is 2. The van der Waals surface area contributed by atoms with Gasteiger partial charge in [-0.05, 0) is 32.4 Å². The molecular formula is C15H24N2. The second-order valence-electron chi connectivity index (χ2n) is 5.48. The molecule has 2 N–H and O–H groups in total. The Labute approximate surface area is 105 Å². The van der Waals surface area contributed by atoms with Crippen LogP contribution in [0.4, 0.5) is 0 Å². The van der Waals surface area contributed by atoms with Crippen LogP contribution in [0.25, 0.3) is 0 Å². The average molecular weight is 232 g/mol. The maximum absolute atomic E-state index is 6.01. The van der Waals surface area contributed by atoms with Gasteiger partial charge in [0.05, 0.1) is 0 Å². The highest BCUT2D eigenvalue weighted by Gasteiger charge is 2.36. The van der Waals surface area contributed by atoms with E-state index in [2.05, 4.69) is 43.1 Å². The monoisotopic (exact) mass is 232 g/mol. The molecule has 1 aliphatic carbocycles. The lowest BCUT2D eigenvalue weighted by Crippen LogP contribution is -2.49. The standard InChI is InChI=1S/C15H24N2/c1-13-5-7-14(8-6-13)11-17(2)15(12-16)9-3-4-10-15/h5-8H,3-4,9-12,16H2,1-2H3. The summed E-state index contributed by atoms with van der Waals surface area (Å²) >= 11 is 0. The molecule has 0 atom stereocenters. The van der Waals surface area contributed by atoms with Crippen LogP contribution in [0, 0.1) is 6.92 Å². The molecule has 2 nitrogen and oxygen atoms in total. The van der Waals surface area contributed by atoms with Crippen LogP contribution in [-0.4, -0.2) is 24.0 Å². The molecule has 1 saturated carbocycles. The van der Waals surface area contributed by atoms with Gasteiger partial charge >= 0.3 is 0 Å². The SMILES string of the molecule is Cc1ccc(CN(C)C2(CN)CCCC2)cc1. The van der Waals surface area contributed by atoms with Crippen molar-refractivity contribution in [3.05, 3.63) is 35.4 Å². The van der Waals surface area contributed by atoms with Gasteiger partial charge in [-0.15, -0.1) is 0 Å². The van der Waals surface area contributed by atoms with Gasteiger partial charge in [-0.25, -0.2) is 0 Å². The fourth-order valence-corrected chi connectivity index (χ4v) is 2.91. The van der Waals surface area contributed by atoms with Crippen LogP contribution < -0.4 is 5.73 Å². The van der Waals surface area contributed by atoms with E-state index >= 15 is 0 Å². The Kier molecular flexibility index (Phi) is 3.85. The van der Waals surface area contributed by atoms with E-state index in [1.165, 1.54) is 36.8 Å². The van der Waals surface area contributed by atoms with Crippen LogP contribution in [0.15, 0.2) is 24.3 Å². The normalized spacial score (nSPS) is 18.8. The number of nitrogens with two attached hydrogens (primary N) is 1. The van der Waals surface area contributed by atoms with Crippen molar-refractivity contribution in [3.63, 3.8) is 0 Å². The lowest BCUT2D eigenvalue weighted by atomic mass is 9.95. The highest BCUT2D eigenvalue weighted by atomic mass is 15.2. The van der Waals surface area contributed by atoms with E-state index < -0.39 is 0 Å². The Morgan fingerprint density at radius 1 is 1.18 bits per heavy atom.